The Bertz CT molecular complexity index is 921. The number of carbonyl (C=O) groups is 4. The van der Waals surface area contributed by atoms with Crippen LogP contribution in [0.4, 0.5) is 5.69 Å². The lowest BCUT2D eigenvalue weighted by Crippen LogP contribution is -2.22. The van der Waals surface area contributed by atoms with Crippen LogP contribution in [0.15, 0.2) is 42.5 Å². The second-order valence-corrected chi connectivity index (χ2v) is 5.74. The van der Waals surface area contributed by atoms with Crippen LogP contribution in [-0.4, -0.2) is 44.6 Å². The first-order valence-corrected chi connectivity index (χ1v) is 8.20. The van der Waals surface area contributed by atoms with Gasteiger partial charge in [-0.1, -0.05) is 17.7 Å². The third-order valence-corrected chi connectivity index (χ3v) is 3.71. The molecule has 0 aliphatic rings. The number of rotatable bonds is 6. The lowest BCUT2D eigenvalue weighted by Gasteiger charge is -2.12. The summed E-state index contributed by atoms with van der Waals surface area (Å²) in [5.41, 5.74) is 1.39. The fraction of sp³-hybridized carbons (Fsp3) is 0.200. The fourth-order valence-electron chi connectivity index (χ4n) is 2.35. The number of carbonyl (C=O) groups excluding carboxylic acids is 4. The Kier molecular flexibility index (Phi) is 6.86. The van der Waals surface area contributed by atoms with Gasteiger partial charge in [0.05, 0.1) is 36.6 Å². The van der Waals surface area contributed by atoms with Crippen LogP contribution < -0.4 is 5.32 Å². The molecule has 0 aromatic heterocycles. The van der Waals surface area contributed by atoms with Crippen molar-refractivity contribution in [2.45, 2.75) is 6.92 Å². The normalized spacial score (nSPS) is 9.96. The molecular formula is C20H19NO7. The number of methoxy groups -OCH3 is 2. The van der Waals surface area contributed by atoms with Gasteiger partial charge in [0.2, 0.25) is 0 Å². The van der Waals surface area contributed by atoms with Gasteiger partial charge in [0, 0.05) is 0 Å². The standard InChI is InChI=1S/C20H19NO7/c1-12-5-4-6-13(9-12)19(24)28-11-17(22)21-16-10-14(18(23)26-2)7-8-15(16)20(25)27-3/h4-10H,11H2,1-3H3,(H,21,22). The summed E-state index contributed by atoms with van der Waals surface area (Å²) in [4.78, 5) is 47.7. The second-order valence-electron chi connectivity index (χ2n) is 5.74. The molecule has 1 amide bonds. The smallest absolute Gasteiger partial charge is 0.339 e. The molecule has 8 heteroatoms. The third-order valence-electron chi connectivity index (χ3n) is 3.71. The summed E-state index contributed by atoms with van der Waals surface area (Å²) in [6.07, 6.45) is 0. The van der Waals surface area contributed by atoms with Gasteiger partial charge in [0.15, 0.2) is 6.61 Å². The van der Waals surface area contributed by atoms with E-state index in [2.05, 4.69) is 14.8 Å². The average molecular weight is 385 g/mol. The molecule has 0 unspecified atom stereocenters. The van der Waals surface area contributed by atoms with Crippen molar-refractivity contribution in [3.05, 3.63) is 64.7 Å². The maximum absolute atomic E-state index is 12.2. The zero-order chi connectivity index (χ0) is 20.7. The van der Waals surface area contributed by atoms with E-state index in [0.717, 1.165) is 5.56 Å². The van der Waals surface area contributed by atoms with Gasteiger partial charge in [-0.15, -0.1) is 0 Å². The molecule has 0 bridgehead atoms. The lowest BCUT2D eigenvalue weighted by molar-refractivity contribution is -0.119. The minimum absolute atomic E-state index is 0.0337. The van der Waals surface area contributed by atoms with Gasteiger partial charge in [-0.2, -0.15) is 0 Å². The molecule has 0 saturated heterocycles. The summed E-state index contributed by atoms with van der Waals surface area (Å²) in [6, 6.07) is 10.7. The van der Waals surface area contributed by atoms with Crippen LogP contribution >= 0.6 is 0 Å². The Labute approximate surface area is 161 Å². The topological polar surface area (TPSA) is 108 Å². The van der Waals surface area contributed by atoms with Crippen molar-refractivity contribution < 1.29 is 33.4 Å². The Morgan fingerprint density at radius 3 is 2.18 bits per heavy atom. The maximum atomic E-state index is 12.2. The molecule has 2 aromatic rings. The van der Waals surface area contributed by atoms with Gasteiger partial charge >= 0.3 is 17.9 Å². The summed E-state index contributed by atoms with van der Waals surface area (Å²) in [7, 11) is 2.39. The zero-order valence-electron chi connectivity index (χ0n) is 15.6. The molecule has 2 rings (SSSR count). The first kappa shape index (κ1) is 20.6. The van der Waals surface area contributed by atoms with Crippen molar-refractivity contribution in [2.75, 3.05) is 26.1 Å². The molecule has 0 heterocycles. The van der Waals surface area contributed by atoms with Crippen molar-refractivity contribution in [3.8, 4) is 0 Å². The molecule has 2 aromatic carbocycles. The Morgan fingerprint density at radius 1 is 0.857 bits per heavy atom. The highest BCUT2D eigenvalue weighted by Gasteiger charge is 2.18. The van der Waals surface area contributed by atoms with Crippen LogP contribution in [0.2, 0.25) is 0 Å². The van der Waals surface area contributed by atoms with Gasteiger partial charge in [0.25, 0.3) is 5.91 Å². The van der Waals surface area contributed by atoms with Crippen molar-refractivity contribution in [1.29, 1.82) is 0 Å². The van der Waals surface area contributed by atoms with E-state index < -0.39 is 30.4 Å². The van der Waals surface area contributed by atoms with Crippen molar-refractivity contribution in [1.82, 2.24) is 0 Å². The predicted octanol–water partition coefficient (Wildman–Crippen LogP) is 2.36. The van der Waals surface area contributed by atoms with Gasteiger partial charge < -0.3 is 19.5 Å². The van der Waals surface area contributed by atoms with E-state index in [1.54, 1.807) is 18.2 Å². The first-order chi connectivity index (χ1) is 13.3. The monoisotopic (exact) mass is 385 g/mol. The summed E-state index contributed by atoms with van der Waals surface area (Å²) in [6.45, 7) is 1.25. The molecule has 28 heavy (non-hydrogen) atoms. The number of hydrogen-bond donors (Lipinski definition) is 1. The number of nitrogens with one attached hydrogen (secondary N) is 1. The number of anilines is 1. The maximum Gasteiger partial charge on any atom is 0.339 e. The zero-order valence-corrected chi connectivity index (χ0v) is 15.6. The number of esters is 3. The van der Waals surface area contributed by atoms with Crippen LogP contribution in [0, 0.1) is 6.92 Å². The summed E-state index contributed by atoms with van der Waals surface area (Å²) in [5.74, 6) is -2.69. The van der Waals surface area contributed by atoms with Gasteiger partial charge in [0.1, 0.15) is 0 Å². The summed E-state index contributed by atoms with van der Waals surface area (Å²) < 4.78 is 14.3. The van der Waals surface area contributed by atoms with Gasteiger partial charge in [-0.3, -0.25) is 4.79 Å². The second kappa shape index (κ2) is 9.31. The van der Waals surface area contributed by atoms with Crippen molar-refractivity contribution in [3.63, 3.8) is 0 Å². The van der Waals surface area contributed by atoms with E-state index in [4.69, 9.17) is 4.74 Å². The third kappa shape index (κ3) is 5.16. The van der Waals surface area contributed by atoms with E-state index in [1.165, 1.54) is 32.4 Å². The highest BCUT2D eigenvalue weighted by molar-refractivity contribution is 6.04. The first-order valence-electron chi connectivity index (χ1n) is 8.20. The quantitative estimate of drug-likeness (QED) is 0.601. The minimum atomic E-state index is -0.705. The summed E-state index contributed by atoms with van der Waals surface area (Å²) in [5, 5.41) is 2.44. The molecule has 0 fully saturated rings. The molecule has 8 nitrogen and oxygen atoms in total. The van der Waals surface area contributed by atoms with Crippen molar-refractivity contribution in [2.24, 2.45) is 0 Å². The van der Waals surface area contributed by atoms with Crippen LogP contribution in [0.3, 0.4) is 0 Å². The molecule has 0 atom stereocenters. The molecule has 0 radical (unpaired) electrons. The van der Waals surface area contributed by atoms with Crippen LogP contribution in [0.5, 0.6) is 0 Å². The van der Waals surface area contributed by atoms with E-state index >= 15 is 0 Å². The minimum Gasteiger partial charge on any atom is -0.465 e. The van der Waals surface area contributed by atoms with E-state index in [1.807, 2.05) is 13.0 Å². The van der Waals surface area contributed by atoms with Crippen LogP contribution in [0.25, 0.3) is 0 Å². The lowest BCUT2D eigenvalue weighted by atomic mass is 10.1. The Hall–Kier alpha value is -3.68. The van der Waals surface area contributed by atoms with Gasteiger partial charge in [-0.05, 0) is 37.3 Å². The predicted molar refractivity (Wildman–Crippen MR) is 99.2 cm³/mol. The number of amides is 1. The molecular weight excluding hydrogens is 366 g/mol. The number of hydrogen-bond acceptors (Lipinski definition) is 7. The molecule has 146 valence electrons. The number of ether oxygens (including phenoxy) is 3. The van der Waals surface area contributed by atoms with Crippen LogP contribution in [-0.2, 0) is 19.0 Å². The number of aryl methyl sites for hydroxylation is 1. The van der Waals surface area contributed by atoms with E-state index in [-0.39, 0.29) is 16.8 Å². The largest absolute Gasteiger partial charge is 0.465 e. The van der Waals surface area contributed by atoms with E-state index in [0.29, 0.717) is 5.56 Å². The molecule has 0 spiro atoms. The van der Waals surface area contributed by atoms with Crippen LogP contribution in [0.1, 0.15) is 36.6 Å². The SMILES string of the molecule is COC(=O)c1ccc(C(=O)OC)c(NC(=O)COC(=O)c2cccc(C)c2)c1. The van der Waals surface area contributed by atoms with Crippen molar-refractivity contribution >= 4 is 29.5 Å². The van der Waals surface area contributed by atoms with Gasteiger partial charge in [-0.25, -0.2) is 14.4 Å². The molecule has 0 saturated carbocycles. The Balaban J connectivity index is 2.12. The highest BCUT2D eigenvalue weighted by Crippen LogP contribution is 2.20. The molecule has 1 N–H and O–H groups in total. The van der Waals surface area contributed by atoms with E-state index in [9.17, 15) is 19.2 Å². The highest BCUT2D eigenvalue weighted by atomic mass is 16.5. The summed E-state index contributed by atoms with van der Waals surface area (Å²) >= 11 is 0. The molecule has 0 aliphatic carbocycles. The Morgan fingerprint density at radius 2 is 1.54 bits per heavy atom. The molecule has 0 aliphatic heterocycles. The average Bonchev–Trinajstić information content (AvgIpc) is 2.70. The fourth-order valence-corrected chi connectivity index (χ4v) is 2.35. The number of benzene rings is 2.